The van der Waals surface area contributed by atoms with Gasteiger partial charge >= 0.3 is 6.18 Å². The van der Waals surface area contributed by atoms with Gasteiger partial charge in [-0.2, -0.15) is 13.2 Å². The lowest BCUT2D eigenvalue weighted by Crippen LogP contribution is -2.08. The van der Waals surface area contributed by atoms with Crippen LogP contribution >= 0.6 is 0 Å². The van der Waals surface area contributed by atoms with Crippen molar-refractivity contribution in [3.63, 3.8) is 0 Å². The Labute approximate surface area is 120 Å². The van der Waals surface area contributed by atoms with E-state index in [1.807, 2.05) is 31.2 Å². The van der Waals surface area contributed by atoms with E-state index in [0.29, 0.717) is 0 Å². The summed E-state index contributed by atoms with van der Waals surface area (Å²) in [6.07, 6.45) is -2.15. The molecule has 0 aliphatic heterocycles. The molecule has 0 saturated heterocycles. The van der Waals surface area contributed by atoms with E-state index in [1.165, 1.54) is 18.2 Å². The molecule has 1 radical (unpaired) electrons. The SMILES string of the molecule is Cc1cccc(CO/N=[C]\c2ccccc2C(F)(F)F)c1. The van der Waals surface area contributed by atoms with Crippen LogP contribution in [0.2, 0.25) is 0 Å². The van der Waals surface area contributed by atoms with Gasteiger partial charge in [-0.3, -0.25) is 0 Å². The number of hydrogen-bond donors (Lipinski definition) is 0. The van der Waals surface area contributed by atoms with E-state index in [9.17, 15) is 13.2 Å². The Morgan fingerprint density at radius 1 is 1.10 bits per heavy atom. The Morgan fingerprint density at radius 2 is 1.86 bits per heavy atom. The number of aryl methyl sites for hydroxylation is 1. The molecule has 0 bridgehead atoms. The average Bonchev–Trinajstić information content (AvgIpc) is 2.43. The lowest BCUT2D eigenvalue weighted by molar-refractivity contribution is -0.137. The van der Waals surface area contributed by atoms with Crippen LogP contribution in [0.15, 0.2) is 53.7 Å². The van der Waals surface area contributed by atoms with Crippen molar-refractivity contribution in [3.8, 4) is 0 Å². The number of halogens is 3. The van der Waals surface area contributed by atoms with E-state index in [1.54, 1.807) is 0 Å². The molecule has 2 aromatic carbocycles. The molecule has 0 amide bonds. The number of alkyl halides is 3. The Bertz CT molecular complexity index is 635. The van der Waals surface area contributed by atoms with Crippen molar-refractivity contribution in [2.24, 2.45) is 5.16 Å². The Hall–Kier alpha value is -2.30. The number of hydrogen-bond acceptors (Lipinski definition) is 2. The number of rotatable bonds is 4. The maximum atomic E-state index is 12.7. The van der Waals surface area contributed by atoms with Crippen LogP contribution in [-0.2, 0) is 17.6 Å². The molecule has 2 aromatic rings. The standard InChI is InChI=1S/C16H13F3NO/c1-12-5-4-6-13(9-12)11-21-20-10-14-7-2-3-8-15(14)16(17,18)19/h2-9H,11H2,1H3. The summed E-state index contributed by atoms with van der Waals surface area (Å²) in [5.74, 6) is 0. The molecule has 0 unspecified atom stereocenters. The molecule has 0 fully saturated rings. The quantitative estimate of drug-likeness (QED) is 0.603. The van der Waals surface area contributed by atoms with Gasteiger partial charge in [0.1, 0.15) is 12.8 Å². The lowest BCUT2D eigenvalue weighted by atomic mass is 10.1. The molecule has 2 nitrogen and oxygen atoms in total. The fourth-order valence-corrected chi connectivity index (χ4v) is 1.82. The highest BCUT2D eigenvalue weighted by Gasteiger charge is 2.32. The largest absolute Gasteiger partial charge is 0.417 e. The first-order chi connectivity index (χ1) is 9.97. The average molecular weight is 292 g/mol. The van der Waals surface area contributed by atoms with Gasteiger partial charge in [-0.15, -0.1) is 0 Å². The van der Waals surface area contributed by atoms with E-state index in [0.717, 1.165) is 17.2 Å². The van der Waals surface area contributed by atoms with Crippen LogP contribution in [0.25, 0.3) is 0 Å². The van der Waals surface area contributed by atoms with Crippen molar-refractivity contribution in [1.29, 1.82) is 0 Å². The normalized spacial score (nSPS) is 11.8. The molecule has 109 valence electrons. The molecule has 0 aliphatic carbocycles. The second-order valence-corrected chi connectivity index (χ2v) is 4.51. The molecule has 0 aliphatic rings. The molecular weight excluding hydrogens is 279 g/mol. The third kappa shape index (κ3) is 4.34. The zero-order valence-corrected chi connectivity index (χ0v) is 11.3. The minimum Gasteiger partial charge on any atom is -0.390 e. The van der Waals surface area contributed by atoms with Crippen LogP contribution < -0.4 is 0 Å². The molecular formula is C16H13F3NO. The van der Waals surface area contributed by atoms with Crippen molar-refractivity contribution < 1.29 is 18.0 Å². The number of benzene rings is 2. The third-order valence-electron chi connectivity index (χ3n) is 2.78. The van der Waals surface area contributed by atoms with Crippen LogP contribution in [0.4, 0.5) is 13.2 Å². The van der Waals surface area contributed by atoms with Crippen molar-refractivity contribution in [2.45, 2.75) is 19.7 Å². The van der Waals surface area contributed by atoms with Gasteiger partial charge in [0.05, 0.1) is 5.56 Å². The first kappa shape index (κ1) is 15.1. The summed E-state index contributed by atoms with van der Waals surface area (Å²) in [4.78, 5) is 4.99. The van der Waals surface area contributed by atoms with E-state index >= 15 is 0 Å². The molecule has 0 N–H and O–H groups in total. The Balaban J connectivity index is 2.02. The minimum absolute atomic E-state index is 0.144. The molecule has 0 heterocycles. The zero-order valence-electron chi connectivity index (χ0n) is 11.3. The van der Waals surface area contributed by atoms with Gasteiger partial charge in [0.25, 0.3) is 0 Å². The maximum absolute atomic E-state index is 12.7. The van der Waals surface area contributed by atoms with Crippen LogP contribution in [0.1, 0.15) is 22.3 Å². The summed E-state index contributed by atoms with van der Waals surface area (Å²) in [6, 6.07) is 12.7. The number of nitrogens with zero attached hydrogens (tertiary/aromatic N) is 1. The van der Waals surface area contributed by atoms with Crippen molar-refractivity contribution in [3.05, 3.63) is 70.8 Å². The van der Waals surface area contributed by atoms with Crippen molar-refractivity contribution in [1.82, 2.24) is 0 Å². The van der Waals surface area contributed by atoms with E-state index in [-0.39, 0.29) is 12.2 Å². The van der Waals surface area contributed by atoms with Gasteiger partial charge in [-0.25, -0.2) is 0 Å². The molecule has 0 aromatic heterocycles. The summed E-state index contributed by atoms with van der Waals surface area (Å²) in [6.45, 7) is 2.13. The second-order valence-electron chi connectivity index (χ2n) is 4.51. The first-order valence-electron chi connectivity index (χ1n) is 6.26. The third-order valence-corrected chi connectivity index (χ3v) is 2.78. The predicted octanol–water partition coefficient (Wildman–Crippen LogP) is 4.44. The minimum atomic E-state index is -4.43. The fraction of sp³-hybridized carbons (Fsp3) is 0.188. The van der Waals surface area contributed by atoms with E-state index in [2.05, 4.69) is 11.4 Å². The van der Waals surface area contributed by atoms with Crippen LogP contribution in [0.3, 0.4) is 0 Å². The van der Waals surface area contributed by atoms with E-state index < -0.39 is 11.7 Å². The van der Waals surface area contributed by atoms with E-state index in [4.69, 9.17) is 4.84 Å². The van der Waals surface area contributed by atoms with Gasteiger partial charge in [0, 0.05) is 5.56 Å². The summed E-state index contributed by atoms with van der Waals surface area (Å²) in [5, 5.41) is 3.49. The Morgan fingerprint density at radius 3 is 2.57 bits per heavy atom. The highest BCUT2D eigenvalue weighted by atomic mass is 19.4. The molecule has 0 saturated carbocycles. The van der Waals surface area contributed by atoms with Gasteiger partial charge in [0.2, 0.25) is 0 Å². The molecule has 2 rings (SSSR count). The topological polar surface area (TPSA) is 21.6 Å². The highest BCUT2D eigenvalue weighted by molar-refractivity contribution is 5.81. The summed E-state index contributed by atoms with van der Waals surface area (Å²) < 4.78 is 38.2. The fourth-order valence-electron chi connectivity index (χ4n) is 1.82. The molecule has 0 spiro atoms. The monoisotopic (exact) mass is 292 g/mol. The highest BCUT2D eigenvalue weighted by Crippen LogP contribution is 2.31. The van der Waals surface area contributed by atoms with Crippen molar-refractivity contribution >= 4 is 6.21 Å². The van der Waals surface area contributed by atoms with Gasteiger partial charge in [-0.1, -0.05) is 53.2 Å². The van der Waals surface area contributed by atoms with Crippen LogP contribution in [0.5, 0.6) is 0 Å². The van der Waals surface area contributed by atoms with Gasteiger partial charge < -0.3 is 4.84 Å². The zero-order chi connectivity index (χ0) is 15.3. The predicted molar refractivity (Wildman–Crippen MR) is 73.9 cm³/mol. The van der Waals surface area contributed by atoms with Crippen LogP contribution in [0, 0.1) is 6.92 Å². The second kappa shape index (κ2) is 6.43. The van der Waals surface area contributed by atoms with Gasteiger partial charge in [-0.05, 0) is 18.6 Å². The van der Waals surface area contributed by atoms with Crippen molar-refractivity contribution in [2.75, 3.05) is 0 Å². The summed E-state index contributed by atoms with van der Waals surface area (Å²) in [7, 11) is 0. The van der Waals surface area contributed by atoms with Crippen LogP contribution in [-0.4, -0.2) is 6.21 Å². The first-order valence-corrected chi connectivity index (χ1v) is 6.26. The smallest absolute Gasteiger partial charge is 0.390 e. The molecule has 21 heavy (non-hydrogen) atoms. The molecule has 5 heteroatoms. The summed E-state index contributed by atoms with van der Waals surface area (Å²) in [5.41, 5.74) is 1.04. The maximum Gasteiger partial charge on any atom is 0.417 e. The molecule has 0 atom stereocenters. The van der Waals surface area contributed by atoms with Gasteiger partial charge in [0.15, 0.2) is 0 Å². The Kier molecular flexibility index (Phi) is 4.62. The summed E-state index contributed by atoms with van der Waals surface area (Å²) >= 11 is 0. The lowest BCUT2D eigenvalue weighted by Gasteiger charge is -2.08.